The minimum Gasteiger partial charge on any atom is -0.507 e. The fourth-order valence-electron chi connectivity index (χ4n) is 2.78. The van der Waals surface area contributed by atoms with E-state index >= 15 is 0 Å². The summed E-state index contributed by atoms with van der Waals surface area (Å²) >= 11 is 0. The Labute approximate surface area is 157 Å². The van der Waals surface area contributed by atoms with E-state index in [1.807, 2.05) is 0 Å². The third-order valence-corrected chi connectivity index (χ3v) is 4.23. The van der Waals surface area contributed by atoms with Gasteiger partial charge in [0, 0.05) is 42.7 Å². The van der Waals surface area contributed by atoms with Crippen molar-refractivity contribution in [1.29, 1.82) is 0 Å². The fraction of sp³-hybridized carbons (Fsp3) is 0.278. The third kappa shape index (κ3) is 4.39. The average Bonchev–Trinajstić information content (AvgIpc) is 2.67. The molecule has 28 heavy (non-hydrogen) atoms. The summed E-state index contributed by atoms with van der Waals surface area (Å²) in [6.45, 7) is 1.85. The van der Waals surface area contributed by atoms with Crippen LogP contribution in [0.4, 0.5) is 30.2 Å². The van der Waals surface area contributed by atoms with Gasteiger partial charge in [-0.25, -0.2) is 0 Å². The van der Waals surface area contributed by atoms with E-state index < -0.39 is 16.7 Å². The van der Waals surface area contributed by atoms with Gasteiger partial charge in [0.25, 0.3) is 5.69 Å². The van der Waals surface area contributed by atoms with Gasteiger partial charge in [0.05, 0.1) is 29.4 Å². The van der Waals surface area contributed by atoms with E-state index in [0.29, 0.717) is 32.0 Å². The summed E-state index contributed by atoms with van der Waals surface area (Å²) in [6.07, 6.45) is -3.67. The zero-order chi connectivity index (χ0) is 20.3. The maximum absolute atomic E-state index is 13.5. The highest BCUT2D eigenvalue weighted by atomic mass is 19.4. The molecule has 7 nitrogen and oxygen atoms in total. The summed E-state index contributed by atoms with van der Waals surface area (Å²) < 4.78 is 45.8. The number of non-ortho nitro benzene ring substituents is 1. The van der Waals surface area contributed by atoms with Crippen LogP contribution in [0.5, 0.6) is 5.75 Å². The van der Waals surface area contributed by atoms with Crippen LogP contribution in [0.1, 0.15) is 11.1 Å². The summed E-state index contributed by atoms with van der Waals surface area (Å²) in [5.74, 6) is -0.326. The Morgan fingerprint density at radius 3 is 2.54 bits per heavy atom. The number of hydrogen-bond donors (Lipinski definition) is 1. The molecule has 1 aliphatic rings. The number of phenolic OH excluding ortho intramolecular Hbond substituents is 1. The van der Waals surface area contributed by atoms with Crippen molar-refractivity contribution in [3.8, 4) is 5.75 Å². The monoisotopic (exact) mass is 395 g/mol. The van der Waals surface area contributed by atoms with Gasteiger partial charge in [0.1, 0.15) is 5.75 Å². The zero-order valence-corrected chi connectivity index (χ0v) is 14.5. The summed E-state index contributed by atoms with van der Waals surface area (Å²) in [6, 6.07) is 7.00. The fourth-order valence-corrected chi connectivity index (χ4v) is 2.78. The number of benzene rings is 2. The SMILES string of the molecule is O=[N+]([O-])c1ccc(O)c(C=Nc2ccc(N3CCOCC3)cc2C(F)(F)F)c1. The summed E-state index contributed by atoms with van der Waals surface area (Å²) in [7, 11) is 0. The molecule has 1 fully saturated rings. The van der Waals surface area contributed by atoms with Crippen molar-refractivity contribution in [3.05, 3.63) is 57.6 Å². The number of phenols is 1. The molecule has 1 heterocycles. The molecule has 2 aromatic rings. The molecule has 1 saturated heterocycles. The lowest BCUT2D eigenvalue weighted by atomic mass is 10.1. The van der Waals surface area contributed by atoms with Crippen molar-refractivity contribution in [2.24, 2.45) is 4.99 Å². The lowest BCUT2D eigenvalue weighted by molar-refractivity contribution is -0.384. The van der Waals surface area contributed by atoms with Crippen molar-refractivity contribution in [3.63, 3.8) is 0 Å². The van der Waals surface area contributed by atoms with Crippen molar-refractivity contribution < 1.29 is 27.9 Å². The van der Waals surface area contributed by atoms with E-state index in [0.717, 1.165) is 30.5 Å². The first kappa shape index (κ1) is 19.6. The molecule has 0 aliphatic carbocycles. The standard InChI is InChI=1S/C18H16F3N3O4/c19-18(20,21)15-10-13(23-5-7-28-8-6-23)1-3-16(15)22-11-12-9-14(24(26)27)2-4-17(12)25/h1-4,9-11,25H,5-8H2. The van der Waals surface area contributed by atoms with Crippen LogP contribution in [0.3, 0.4) is 0 Å². The van der Waals surface area contributed by atoms with Crippen LogP contribution < -0.4 is 4.90 Å². The number of anilines is 1. The maximum Gasteiger partial charge on any atom is 0.418 e. The Morgan fingerprint density at radius 2 is 1.89 bits per heavy atom. The smallest absolute Gasteiger partial charge is 0.418 e. The molecule has 0 bridgehead atoms. The van der Waals surface area contributed by atoms with E-state index in [1.165, 1.54) is 12.1 Å². The number of hydrogen-bond acceptors (Lipinski definition) is 6. The number of aliphatic imine (C=N–C) groups is 1. The molecule has 0 aromatic heterocycles. The van der Waals surface area contributed by atoms with E-state index in [4.69, 9.17) is 4.74 Å². The normalized spacial score (nSPS) is 15.2. The highest BCUT2D eigenvalue weighted by Gasteiger charge is 2.34. The first-order chi connectivity index (χ1) is 13.3. The summed E-state index contributed by atoms with van der Waals surface area (Å²) in [5.41, 5.74) is -1.24. The van der Waals surface area contributed by atoms with Crippen LogP contribution in [0, 0.1) is 10.1 Å². The van der Waals surface area contributed by atoms with E-state index in [1.54, 1.807) is 4.90 Å². The molecule has 0 amide bonds. The number of ether oxygens (including phenoxy) is 1. The Bertz CT molecular complexity index is 909. The van der Waals surface area contributed by atoms with Crippen LogP contribution in [-0.2, 0) is 10.9 Å². The van der Waals surface area contributed by atoms with Crippen molar-refractivity contribution in [1.82, 2.24) is 0 Å². The number of halogens is 3. The van der Waals surface area contributed by atoms with Gasteiger partial charge in [0.15, 0.2) is 0 Å². The number of aromatic hydroxyl groups is 1. The minimum absolute atomic E-state index is 0.0559. The molecule has 2 aromatic carbocycles. The number of morpholine rings is 1. The number of nitro groups is 1. The van der Waals surface area contributed by atoms with Gasteiger partial charge >= 0.3 is 6.18 Å². The number of rotatable bonds is 4. The van der Waals surface area contributed by atoms with Gasteiger partial charge < -0.3 is 14.7 Å². The second kappa shape index (κ2) is 7.85. The number of alkyl halides is 3. The summed E-state index contributed by atoms with van der Waals surface area (Å²) in [5, 5.41) is 20.6. The Kier molecular flexibility index (Phi) is 5.50. The molecule has 1 aliphatic heterocycles. The lowest BCUT2D eigenvalue weighted by Gasteiger charge is -2.29. The van der Waals surface area contributed by atoms with Gasteiger partial charge in [-0.3, -0.25) is 15.1 Å². The van der Waals surface area contributed by atoms with Gasteiger partial charge in [0.2, 0.25) is 0 Å². The third-order valence-electron chi connectivity index (χ3n) is 4.23. The van der Waals surface area contributed by atoms with Crippen LogP contribution in [0.15, 0.2) is 41.4 Å². The topological polar surface area (TPSA) is 88.2 Å². The van der Waals surface area contributed by atoms with E-state index in [2.05, 4.69) is 4.99 Å². The summed E-state index contributed by atoms with van der Waals surface area (Å²) in [4.78, 5) is 15.8. The largest absolute Gasteiger partial charge is 0.507 e. The highest BCUT2D eigenvalue weighted by Crippen LogP contribution is 2.39. The second-order valence-electron chi connectivity index (χ2n) is 6.06. The molecule has 3 rings (SSSR count). The first-order valence-corrected chi connectivity index (χ1v) is 8.31. The Balaban J connectivity index is 1.96. The number of nitrogens with zero attached hydrogens (tertiary/aromatic N) is 3. The molecule has 0 atom stereocenters. The molecule has 0 saturated carbocycles. The molecule has 0 unspecified atom stereocenters. The molecule has 0 radical (unpaired) electrons. The molecule has 148 valence electrons. The van der Waals surface area contributed by atoms with Crippen LogP contribution in [-0.4, -0.2) is 42.5 Å². The zero-order valence-electron chi connectivity index (χ0n) is 14.5. The van der Waals surface area contributed by atoms with Crippen LogP contribution in [0.25, 0.3) is 0 Å². The molecule has 1 N–H and O–H groups in total. The Hall–Kier alpha value is -3.14. The van der Waals surface area contributed by atoms with Crippen LogP contribution in [0.2, 0.25) is 0 Å². The van der Waals surface area contributed by atoms with Gasteiger partial charge in [-0.1, -0.05) is 0 Å². The molecular weight excluding hydrogens is 379 g/mol. The number of nitro benzene ring substituents is 1. The lowest BCUT2D eigenvalue weighted by Crippen LogP contribution is -2.36. The van der Waals surface area contributed by atoms with E-state index in [-0.39, 0.29) is 22.7 Å². The predicted molar refractivity (Wildman–Crippen MR) is 96.5 cm³/mol. The quantitative estimate of drug-likeness (QED) is 0.482. The van der Waals surface area contributed by atoms with Crippen molar-refractivity contribution in [2.75, 3.05) is 31.2 Å². The van der Waals surface area contributed by atoms with E-state index in [9.17, 15) is 28.4 Å². The van der Waals surface area contributed by atoms with Crippen molar-refractivity contribution >= 4 is 23.3 Å². The predicted octanol–water partition coefficient (Wildman–Crippen LogP) is 3.91. The minimum atomic E-state index is -4.64. The van der Waals surface area contributed by atoms with Crippen LogP contribution >= 0.6 is 0 Å². The van der Waals surface area contributed by atoms with Crippen molar-refractivity contribution in [2.45, 2.75) is 6.18 Å². The average molecular weight is 395 g/mol. The maximum atomic E-state index is 13.5. The van der Waals surface area contributed by atoms with Gasteiger partial charge in [-0.2, -0.15) is 13.2 Å². The van der Waals surface area contributed by atoms with Gasteiger partial charge in [-0.05, 0) is 24.3 Å². The second-order valence-corrected chi connectivity index (χ2v) is 6.06. The molecule has 10 heteroatoms. The Morgan fingerprint density at radius 1 is 1.18 bits per heavy atom. The first-order valence-electron chi connectivity index (χ1n) is 8.31. The molecular formula is C18H16F3N3O4. The molecule has 0 spiro atoms. The highest BCUT2D eigenvalue weighted by molar-refractivity contribution is 5.86. The van der Waals surface area contributed by atoms with Gasteiger partial charge in [-0.15, -0.1) is 0 Å².